The molecule has 11 heteroatoms. The molecule has 4 rings (SSSR count). The Labute approximate surface area is 235 Å². The zero-order valence-corrected chi connectivity index (χ0v) is 23.4. The monoisotopic (exact) mass is 620 g/mol. The quantitative estimate of drug-likeness (QED) is 0.279. The minimum atomic E-state index is -1.05. The molecule has 190 valence electrons. The van der Waals surface area contributed by atoms with Crippen molar-refractivity contribution in [3.05, 3.63) is 90.7 Å². The van der Waals surface area contributed by atoms with Crippen LogP contribution in [-0.2, 0) is 11.4 Å². The Morgan fingerprint density at radius 3 is 2.68 bits per heavy atom. The first-order valence-electron chi connectivity index (χ1n) is 10.7. The molecule has 1 aliphatic heterocycles. The van der Waals surface area contributed by atoms with E-state index in [2.05, 4.69) is 20.9 Å². The highest BCUT2D eigenvalue weighted by Gasteiger charge is 2.30. The molecule has 37 heavy (non-hydrogen) atoms. The number of rotatable bonds is 7. The van der Waals surface area contributed by atoms with Gasteiger partial charge >= 0.3 is 5.97 Å². The number of ether oxygens (including phenoxy) is 2. The van der Waals surface area contributed by atoms with Crippen LogP contribution in [-0.4, -0.2) is 41.2 Å². The molecule has 0 bridgehead atoms. The Morgan fingerprint density at radius 1 is 1.19 bits per heavy atom. The Morgan fingerprint density at radius 2 is 1.97 bits per heavy atom. The molecular weight excluding hydrogens is 603 g/mol. The molecular formula is C26H19BrCl2N2O5S. The van der Waals surface area contributed by atoms with Crippen LogP contribution in [0.3, 0.4) is 0 Å². The van der Waals surface area contributed by atoms with Crippen LogP contribution in [0, 0.1) is 0 Å². The maximum absolute atomic E-state index is 12.9. The standard InChI is InChI=1S/C26H19BrCl2N2O5S/c1-31-24(32)22(37-26(31)30-18-5-3-4-15(11-18)25(33)34)10-14-8-19(27)23(21(9-14)35-2)36-13-16-6-7-17(28)12-20(16)29/h3-12H,13H2,1-2H3,(H,33,34)/b22-10+,30-26?. The fourth-order valence-electron chi connectivity index (χ4n) is 3.37. The number of aromatic carboxylic acids is 1. The van der Waals surface area contributed by atoms with Gasteiger partial charge in [-0.1, -0.05) is 35.3 Å². The van der Waals surface area contributed by atoms with Gasteiger partial charge in [0.1, 0.15) is 6.61 Å². The molecule has 0 spiro atoms. The second-order valence-corrected chi connectivity index (χ2v) is 10.5. The van der Waals surface area contributed by atoms with Crippen molar-refractivity contribution < 1.29 is 24.2 Å². The summed E-state index contributed by atoms with van der Waals surface area (Å²) in [5, 5.41) is 10.7. The lowest BCUT2D eigenvalue weighted by molar-refractivity contribution is -0.121. The number of methoxy groups -OCH3 is 1. The molecule has 3 aromatic rings. The van der Waals surface area contributed by atoms with Gasteiger partial charge in [-0.2, -0.15) is 0 Å². The largest absolute Gasteiger partial charge is 0.493 e. The Bertz CT molecular complexity index is 1460. The predicted octanol–water partition coefficient (Wildman–Crippen LogP) is 7.28. The zero-order chi connectivity index (χ0) is 26.7. The number of halogens is 3. The van der Waals surface area contributed by atoms with Crippen LogP contribution in [0.5, 0.6) is 11.5 Å². The van der Waals surface area contributed by atoms with E-state index in [4.69, 9.17) is 32.7 Å². The van der Waals surface area contributed by atoms with Gasteiger partial charge in [-0.25, -0.2) is 9.79 Å². The zero-order valence-electron chi connectivity index (χ0n) is 19.5. The summed E-state index contributed by atoms with van der Waals surface area (Å²) in [7, 11) is 3.14. The van der Waals surface area contributed by atoms with Crippen molar-refractivity contribution in [2.24, 2.45) is 4.99 Å². The molecule has 0 aromatic heterocycles. The summed E-state index contributed by atoms with van der Waals surface area (Å²) in [5.41, 5.74) is 2.03. The second kappa shape index (κ2) is 11.6. The molecule has 0 aliphatic carbocycles. The lowest BCUT2D eigenvalue weighted by atomic mass is 10.1. The van der Waals surface area contributed by atoms with E-state index in [1.807, 2.05) is 6.07 Å². The van der Waals surface area contributed by atoms with Crippen LogP contribution in [0.2, 0.25) is 10.0 Å². The van der Waals surface area contributed by atoms with Crippen LogP contribution in [0.1, 0.15) is 21.5 Å². The van der Waals surface area contributed by atoms with E-state index in [9.17, 15) is 14.7 Å². The van der Waals surface area contributed by atoms with E-state index in [0.717, 1.165) is 5.56 Å². The molecule has 0 unspecified atom stereocenters. The first kappa shape index (κ1) is 27.1. The molecule has 0 radical (unpaired) electrons. The average Bonchev–Trinajstić information content (AvgIpc) is 3.11. The van der Waals surface area contributed by atoms with Crippen molar-refractivity contribution in [1.29, 1.82) is 0 Å². The van der Waals surface area contributed by atoms with Crippen LogP contribution in [0.25, 0.3) is 6.08 Å². The lowest BCUT2D eigenvalue weighted by Gasteiger charge is -2.14. The van der Waals surface area contributed by atoms with Gasteiger partial charge in [0, 0.05) is 22.7 Å². The number of thioether (sulfide) groups is 1. The molecule has 3 aromatic carbocycles. The molecule has 0 saturated carbocycles. The number of hydrogen-bond donors (Lipinski definition) is 1. The normalized spacial score (nSPS) is 15.5. The first-order valence-corrected chi connectivity index (χ1v) is 13.1. The number of likely N-dealkylation sites (N-methyl/N-ethyl adjacent to an activating group) is 1. The Kier molecular flexibility index (Phi) is 8.49. The van der Waals surface area contributed by atoms with Gasteiger partial charge in [0.2, 0.25) is 0 Å². The number of hydrogen-bond acceptors (Lipinski definition) is 6. The molecule has 7 nitrogen and oxygen atoms in total. The number of carbonyl (C=O) groups is 2. The average molecular weight is 622 g/mol. The maximum Gasteiger partial charge on any atom is 0.335 e. The van der Waals surface area contributed by atoms with Crippen LogP contribution < -0.4 is 9.47 Å². The summed E-state index contributed by atoms with van der Waals surface area (Å²) in [6.45, 7) is 0.202. The van der Waals surface area contributed by atoms with Gasteiger partial charge in [0.25, 0.3) is 5.91 Å². The SMILES string of the molecule is COc1cc(/C=C2/SC(=Nc3cccc(C(=O)O)c3)N(C)C2=O)cc(Br)c1OCc1ccc(Cl)cc1Cl. The van der Waals surface area contributed by atoms with Gasteiger partial charge in [-0.3, -0.25) is 9.69 Å². The first-order chi connectivity index (χ1) is 17.7. The van der Waals surface area contributed by atoms with E-state index < -0.39 is 5.97 Å². The van der Waals surface area contributed by atoms with Crippen molar-refractivity contribution in [3.8, 4) is 11.5 Å². The number of carboxylic acids is 1. The molecule has 1 saturated heterocycles. The van der Waals surface area contributed by atoms with Crippen LogP contribution in [0.4, 0.5) is 5.69 Å². The van der Waals surface area contributed by atoms with E-state index in [1.54, 1.807) is 49.5 Å². The maximum atomic E-state index is 12.9. The van der Waals surface area contributed by atoms with Gasteiger partial charge in [0.15, 0.2) is 16.7 Å². The summed E-state index contributed by atoms with van der Waals surface area (Å²) in [6.07, 6.45) is 1.73. The van der Waals surface area contributed by atoms with Gasteiger partial charge in [-0.15, -0.1) is 0 Å². The second-order valence-electron chi connectivity index (χ2n) is 7.78. The molecule has 1 fully saturated rings. The number of benzene rings is 3. The number of nitrogens with zero attached hydrogens (tertiary/aromatic N) is 2. The van der Waals surface area contributed by atoms with E-state index >= 15 is 0 Å². The third kappa shape index (κ3) is 6.30. The third-order valence-electron chi connectivity index (χ3n) is 5.26. The fourth-order valence-corrected chi connectivity index (χ4v) is 5.40. The van der Waals surface area contributed by atoms with Crippen LogP contribution in [0.15, 0.2) is 69.0 Å². The van der Waals surface area contributed by atoms with Crippen molar-refractivity contribution in [1.82, 2.24) is 4.90 Å². The van der Waals surface area contributed by atoms with E-state index in [0.29, 0.717) is 47.3 Å². The molecule has 1 heterocycles. The highest BCUT2D eigenvalue weighted by molar-refractivity contribution is 9.10. The minimum Gasteiger partial charge on any atom is -0.493 e. The Balaban J connectivity index is 1.57. The number of carboxylic acid groups (broad SMARTS) is 1. The number of aliphatic imine (C=N–C) groups is 1. The lowest BCUT2D eigenvalue weighted by Crippen LogP contribution is -2.23. The molecule has 0 atom stereocenters. The van der Waals surface area contributed by atoms with Gasteiger partial charge < -0.3 is 14.6 Å². The number of carbonyl (C=O) groups excluding carboxylic acids is 1. The van der Waals surface area contributed by atoms with E-state index in [1.165, 1.54) is 35.9 Å². The van der Waals surface area contributed by atoms with Crippen molar-refractivity contribution in [3.63, 3.8) is 0 Å². The van der Waals surface area contributed by atoms with Crippen molar-refractivity contribution in [2.75, 3.05) is 14.2 Å². The van der Waals surface area contributed by atoms with Gasteiger partial charge in [-0.05, 0) is 81.8 Å². The topological polar surface area (TPSA) is 88.4 Å². The number of amides is 1. The molecule has 1 amide bonds. The predicted molar refractivity (Wildman–Crippen MR) is 150 cm³/mol. The van der Waals surface area contributed by atoms with Crippen molar-refractivity contribution in [2.45, 2.75) is 6.61 Å². The highest BCUT2D eigenvalue weighted by atomic mass is 79.9. The summed E-state index contributed by atoms with van der Waals surface area (Å²) in [4.78, 5) is 30.5. The van der Waals surface area contributed by atoms with Crippen LogP contribution >= 0.6 is 50.9 Å². The smallest absolute Gasteiger partial charge is 0.335 e. The highest BCUT2D eigenvalue weighted by Crippen LogP contribution is 2.40. The van der Waals surface area contributed by atoms with Gasteiger partial charge in [0.05, 0.1) is 27.7 Å². The summed E-state index contributed by atoms with van der Waals surface area (Å²) in [5.74, 6) is -0.325. The minimum absolute atomic E-state index is 0.118. The van der Waals surface area contributed by atoms with Crippen molar-refractivity contribution >= 4 is 79.7 Å². The molecule has 1 N–H and O–H groups in total. The summed E-state index contributed by atoms with van der Waals surface area (Å²) >= 11 is 16.9. The summed E-state index contributed by atoms with van der Waals surface area (Å²) in [6, 6.07) is 15.0. The Hall–Kier alpha value is -2.98. The summed E-state index contributed by atoms with van der Waals surface area (Å²) < 4.78 is 12.1. The number of amidine groups is 1. The third-order valence-corrected chi connectivity index (χ3v) is 7.49. The van der Waals surface area contributed by atoms with E-state index in [-0.39, 0.29) is 18.1 Å². The molecule has 1 aliphatic rings. The fraction of sp³-hybridized carbons (Fsp3) is 0.115.